The molecule has 1 aromatic carbocycles. The number of hydrogen-bond donors (Lipinski definition) is 0. The van der Waals surface area contributed by atoms with Gasteiger partial charge in [-0.1, -0.05) is 31.1 Å². The smallest absolute Gasteiger partial charge is 0.259 e. The van der Waals surface area contributed by atoms with Crippen molar-refractivity contribution in [2.24, 2.45) is 0 Å². The minimum Gasteiger partial charge on any atom is -0.370 e. The molecule has 1 unspecified atom stereocenters. The second-order valence-corrected chi connectivity index (χ2v) is 7.36. The van der Waals surface area contributed by atoms with Crippen molar-refractivity contribution in [3.8, 4) is 0 Å². The van der Waals surface area contributed by atoms with Crippen molar-refractivity contribution < 1.29 is 18.4 Å². The van der Waals surface area contributed by atoms with E-state index in [-0.39, 0.29) is 23.7 Å². The Morgan fingerprint density at radius 2 is 2.04 bits per heavy atom. The van der Waals surface area contributed by atoms with Crippen LogP contribution in [0.15, 0.2) is 34.9 Å². The number of aryl methyl sites for hydroxylation is 1. The number of carbonyl (C=O) groups is 1. The number of rotatable bonds is 3. The average molecular weight is 383 g/mol. The van der Waals surface area contributed by atoms with Crippen LogP contribution in [0.3, 0.4) is 0 Å². The first-order valence-electron chi connectivity index (χ1n) is 9.37. The van der Waals surface area contributed by atoms with E-state index in [1.54, 1.807) is 24.0 Å². The highest BCUT2D eigenvalue weighted by Gasteiger charge is 2.29. The van der Waals surface area contributed by atoms with E-state index in [2.05, 4.69) is 10.1 Å². The van der Waals surface area contributed by atoms with E-state index in [0.717, 1.165) is 11.3 Å². The minimum atomic E-state index is -0.296. The number of nitrogens with zero attached hydrogens (tertiary/aromatic N) is 3. The standard InChI is InChI=1S/C21H22FN3O3/c1-12(2)17-10-16(19-13(3)24-28-20(19)23-17)21(26)25-8-9-27-18(11-25)14-4-6-15(22)7-5-14/h4-7,10,12,18H,8-9,11H2,1-3H3. The summed E-state index contributed by atoms with van der Waals surface area (Å²) in [7, 11) is 0. The van der Waals surface area contributed by atoms with Gasteiger partial charge in [-0.25, -0.2) is 9.37 Å². The van der Waals surface area contributed by atoms with Gasteiger partial charge < -0.3 is 14.2 Å². The molecule has 6 nitrogen and oxygen atoms in total. The summed E-state index contributed by atoms with van der Waals surface area (Å²) in [4.78, 5) is 19.6. The lowest BCUT2D eigenvalue weighted by Crippen LogP contribution is -2.42. The van der Waals surface area contributed by atoms with Gasteiger partial charge in [-0.15, -0.1) is 0 Å². The maximum atomic E-state index is 13.4. The van der Waals surface area contributed by atoms with E-state index in [4.69, 9.17) is 9.26 Å². The molecule has 7 heteroatoms. The third-order valence-corrected chi connectivity index (χ3v) is 5.05. The van der Waals surface area contributed by atoms with Crippen molar-refractivity contribution in [3.05, 3.63) is 58.7 Å². The molecule has 1 amide bonds. The zero-order valence-corrected chi connectivity index (χ0v) is 16.1. The highest BCUT2D eigenvalue weighted by Crippen LogP contribution is 2.28. The zero-order valence-electron chi connectivity index (χ0n) is 16.1. The quantitative estimate of drug-likeness (QED) is 0.684. The van der Waals surface area contributed by atoms with Crippen LogP contribution in [0.5, 0.6) is 0 Å². The summed E-state index contributed by atoms with van der Waals surface area (Å²) in [5.41, 5.74) is 3.21. The highest BCUT2D eigenvalue weighted by molar-refractivity contribution is 6.06. The van der Waals surface area contributed by atoms with Crippen molar-refractivity contribution >= 4 is 17.0 Å². The lowest BCUT2D eigenvalue weighted by atomic mass is 10.0. The van der Waals surface area contributed by atoms with Gasteiger partial charge in [-0.3, -0.25) is 4.79 Å². The number of pyridine rings is 1. The van der Waals surface area contributed by atoms with Crippen LogP contribution in [-0.4, -0.2) is 40.6 Å². The van der Waals surface area contributed by atoms with Crippen LogP contribution in [0, 0.1) is 12.7 Å². The van der Waals surface area contributed by atoms with Crippen molar-refractivity contribution in [1.29, 1.82) is 0 Å². The predicted octanol–water partition coefficient (Wildman–Crippen LogP) is 4.01. The molecule has 3 heterocycles. The third-order valence-electron chi connectivity index (χ3n) is 5.05. The van der Waals surface area contributed by atoms with Crippen LogP contribution >= 0.6 is 0 Å². The van der Waals surface area contributed by atoms with Crippen LogP contribution in [0.4, 0.5) is 4.39 Å². The van der Waals surface area contributed by atoms with Gasteiger partial charge in [0.15, 0.2) is 0 Å². The van der Waals surface area contributed by atoms with Gasteiger partial charge in [0, 0.05) is 12.2 Å². The molecule has 0 aliphatic carbocycles. The van der Waals surface area contributed by atoms with E-state index in [0.29, 0.717) is 42.1 Å². The molecule has 1 aliphatic heterocycles. The molecule has 0 N–H and O–H groups in total. The Bertz CT molecular complexity index is 1010. The predicted molar refractivity (Wildman–Crippen MR) is 102 cm³/mol. The Balaban J connectivity index is 1.67. The summed E-state index contributed by atoms with van der Waals surface area (Å²) in [6.07, 6.45) is -0.288. The zero-order chi connectivity index (χ0) is 19.8. The number of carbonyl (C=O) groups excluding carboxylic acids is 1. The molecule has 146 valence electrons. The van der Waals surface area contributed by atoms with Gasteiger partial charge in [0.05, 0.1) is 29.8 Å². The summed E-state index contributed by atoms with van der Waals surface area (Å²) < 4.78 is 24.4. The third kappa shape index (κ3) is 3.38. The number of fused-ring (bicyclic) bond motifs is 1. The van der Waals surface area contributed by atoms with E-state index >= 15 is 0 Å². The fourth-order valence-corrected chi connectivity index (χ4v) is 3.46. The van der Waals surface area contributed by atoms with Crippen LogP contribution < -0.4 is 0 Å². The van der Waals surface area contributed by atoms with E-state index in [9.17, 15) is 9.18 Å². The number of aromatic nitrogens is 2. The first kappa shape index (κ1) is 18.6. The van der Waals surface area contributed by atoms with Crippen LogP contribution in [0.25, 0.3) is 11.1 Å². The van der Waals surface area contributed by atoms with Crippen molar-refractivity contribution in [2.75, 3.05) is 19.7 Å². The molecule has 3 aromatic rings. The molecular formula is C21H22FN3O3. The van der Waals surface area contributed by atoms with E-state index in [1.807, 2.05) is 19.9 Å². The van der Waals surface area contributed by atoms with Crippen LogP contribution in [0.2, 0.25) is 0 Å². The number of hydrogen-bond acceptors (Lipinski definition) is 5. The van der Waals surface area contributed by atoms with Gasteiger partial charge in [0.25, 0.3) is 11.6 Å². The summed E-state index contributed by atoms with van der Waals surface area (Å²) in [5.74, 6) is -0.246. The van der Waals surface area contributed by atoms with Gasteiger partial charge in [-0.2, -0.15) is 0 Å². The number of amides is 1. The van der Waals surface area contributed by atoms with Crippen molar-refractivity contribution in [2.45, 2.75) is 32.8 Å². The number of ether oxygens (including phenoxy) is 1. The highest BCUT2D eigenvalue weighted by atomic mass is 19.1. The summed E-state index contributed by atoms with van der Waals surface area (Å²) in [5, 5.41) is 4.64. The minimum absolute atomic E-state index is 0.101. The molecule has 0 bridgehead atoms. The topological polar surface area (TPSA) is 68.5 Å². The number of benzene rings is 1. The first-order chi connectivity index (χ1) is 13.4. The molecule has 0 radical (unpaired) electrons. The van der Waals surface area contributed by atoms with E-state index in [1.165, 1.54) is 12.1 Å². The fraction of sp³-hybridized carbons (Fsp3) is 0.381. The maximum Gasteiger partial charge on any atom is 0.259 e. The van der Waals surface area contributed by atoms with Crippen molar-refractivity contribution in [1.82, 2.24) is 15.0 Å². The molecule has 1 atom stereocenters. The Labute approximate surface area is 162 Å². The average Bonchev–Trinajstić information content (AvgIpc) is 3.08. The van der Waals surface area contributed by atoms with Gasteiger partial charge >= 0.3 is 0 Å². The monoisotopic (exact) mass is 383 g/mol. The first-order valence-corrected chi connectivity index (χ1v) is 9.37. The lowest BCUT2D eigenvalue weighted by molar-refractivity contribution is -0.0227. The molecule has 0 saturated carbocycles. The second kappa shape index (κ2) is 7.31. The second-order valence-electron chi connectivity index (χ2n) is 7.36. The molecule has 2 aromatic heterocycles. The number of morpholine rings is 1. The molecule has 1 fully saturated rings. The Kier molecular flexibility index (Phi) is 4.85. The summed E-state index contributed by atoms with van der Waals surface area (Å²) >= 11 is 0. The van der Waals surface area contributed by atoms with E-state index < -0.39 is 0 Å². The largest absolute Gasteiger partial charge is 0.370 e. The summed E-state index contributed by atoms with van der Waals surface area (Å²) in [6.45, 7) is 7.15. The Morgan fingerprint density at radius 3 is 2.75 bits per heavy atom. The molecule has 28 heavy (non-hydrogen) atoms. The molecule has 0 spiro atoms. The van der Waals surface area contributed by atoms with Crippen LogP contribution in [-0.2, 0) is 4.74 Å². The SMILES string of the molecule is Cc1noc2nc(C(C)C)cc(C(=O)N3CCOC(c4ccc(F)cc4)C3)c12. The maximum absolute atomic E-state index is 13.4. The Morgan fingerprint density at radius 1 is 1.29 bits per heavy atom. The van der Waals surface area contributed by atoms with Gasteiger partial charge in [0.2, 0.25) is 0 Å². The normalized spacial score (nSPS) is 17.5. The summed E-state index contributed by atoms with van der Waals surface area (Å²) in [6, 6.07) is 8.03. The lowest BCUT2D eigenvalue weighted by Gasteiger charge is -2.33. The number of halogens is 1. The molecule has 4 rings (SSSR count). The van der Waals surface area contributed by atoms with Gasteiger partial charge in [0.1, 0.15) is 11.9 Å². The fourth-order valence-electron chi connectivity index (χ4n) is 3.46. The van der Waals surface area contributed by atoms with Crippen LogP contribution in [0.1, 0.15) is 53.2 Å². The van der Waals surface area contributed by atoms with Crippen molar-refractivity contribution in [3.63, 3.8) is 0 Å². The van der Waals surface area contributed by atoms with Gasteiger partial charge in [-0.05, 0) is 36.6 Å². The molecule has 1 aliphatic rings. The Hall–Kier alpha value is -2.80. The molecule has 1 saturated heterocycles. The molecular weight excluding hydrogens is 361 g/mol.